The quantitative estimate of drug-likeness (QED) is 0.448. The highest BCUT2D eigenvalue weighted by atomic mass is 16.1. The van der Waals surface area contributed by atoms with E-state index in [1.54, 1.807) is 12.3 Å². The highest BCUT2D eigenvalue weighted by molar-refractivity contribution is 6.07. The van der Waals surface area contributed by atoms with Crippen molar-refractivity contribution in [1.29, 1.82) is 0 Å². The second kappa shape index (κ2) is 2.52. The largest absolute Gasteiger partial charge is 0.303 e. The number of nitrogens with zero attached hydrogens (tertiary/aromatic N) is 1. The fourth-order valence-electron chi connectivity index (χ4n) is 1.44. The molecule has 0 saturated heterocycles. The summed E-state index contributed by atoms with van der Waals surface area (Å²) in [4.78, 5) is 25.7. The topological polar surface area (TPSA) is 47.0 Å². The molecule has 0 saturated carbocycles. The summed E-state index contributed by atoms with van der Waals surface area (Å²) in [6.45, 7) is 0. The molecule has 0 aliphatic heterocycles. The number of carbonyl (C=O) groups is 2. The van der Waals surface area contributed by atoms with Gasteiger partial charge in [-0.25, -0.2) is 0 Å². The molecule has 0 amide bonds. The van der Waals surface area contributed by atoms with Gasteiger partial charge in [0.15, 0.2) is 5.78 Å². The predicted octanol–water partition coefficient (Wildman–Crippen LogP) is 0.635. The number of carbonyl (C=O) groups excluding carboxylic acids is 2. The van der Waals surface area contributed by atoms with E-state index in [1.165, 1.54) is 0 Å². The van der Waals surface area contributed by atoms with Gasteiger partial charge in [-0.3, -0.25) is 9.78 Å². The molecular formula is C9H7NO2. The van der Waals surface area contributed by atoms with Gasteiger partial charge in [0.2, 0.25) is 0 Å². The van der Waals surface area contributed by atoms with Crippen LogP contribution < -0.4 is 0 Å². The van der Waals surface area contributed by atoms with Crippen molar-refractivity contribution in [2.24, 2.45) is 5.92 Å². The Morgan fingerprint density at radius 2 is 2.42 bits per heavy atom. The SMILES string of the molecule is O=CC1Cc2cccnc2C1=O. The van der Waals surface area contributed by atoms with E-state index < -0.39 is 5.92 Å². The normalized spacial score (nSPS) is 20.7. The molecular weight excluding hydrogens is 154 g/mol. The van der Waals surface area contributed by atoms with Gasteiger partial charge in [0.25, 0.3) is 0 Å². The van der Waals surface area contributed by atoms with Crippen molar-refractivity contribution in [2.45, 2.75) is 6.42 Å². The number of aldehydes is 1. The molecule has 1 heterocycles. The first-order valence-electron chi connectivity index (χ1n) is 3.76. The number of aromatic nitrogens is 1. The lowest BCUT2D eigenvalue weighted by atomic mass is 10.1. The zero-order chi connectivity index (χ0) is 8.55. The van der Waals surface area contributed by atoms with Gasteiger partial charge in [0.1, 0.15) is 12.0 Å². The second-order valence-corrected chi connectivity index (χ2v) is 2.82. The lowest BCUT2D eigenvalue weighted by Crippen LogP contribution is -2.10. The molecule has 0 aromatic carbocycles. The van der Waals surface area contributed by atoms with Crippen LogP contribution in [0.2, 0.25) is 0 Å². The third-order valence-corrected chi connectivity index (χ3v) is 2.07. The van der Waals surface area contributed by atoms with Crippen molar-refractivity contribution < 1.29 is 9.59 Å². The molecule has 0 spiro atoms. The Balaban J connectivity index is 2.49. The highest BCUT2D eigenvalue weighted by Gasteiger charge is 2.30. The fourth-order valence-corrected chi connectivity index (χ4v) is 1.44. The van der Waals surface area contributed by atoms with E-state index in [0.29, 0.717) is 18.4 Å². The van der Waals surface area contributed by atoms with Crippen LogP contribution in [0.25, 0.3) is 0 Å². The molecule has 3 heteroatoms. The average Bonchev–Trinajstić information content (AvgIpc) is 2.44. The molecule has 1 unspecified atom stereocenters. The zero-order valence-electron chi connectivity index (χ0n) is 6.36. The molecule has 1 aliphatic rings. The van der Waals surface area contributed by atoms with E-state index in [2.05, 4.69) is 4.98 Å². The van der Waals surface area contributed by atoms with E-state index in [9.17, 15) is 9.59 Å². The molecule has 0 radical (unpaired) electrons. The minimum atomic E-state index is -0.491. The molecule has 1 atom stereocenters. The van der Waals surface area contributed by atoms with Crippen LogP contribution in [0.15, 0.2) is 18.3 Å². The molecule has 1 aliphatic carbocycles. The van der Waals surface area contributed by atoms with Crippen molar-refractivity contribution in [3.05, 3.63) is 29.6 Å². The van der Waals surface area contributed by atoms with Gasteiger partial charge in [-0.1, -0.05) is 6.07 Å². The van der Waals surface area contributed by atoms with Gasteiger partial charge >= 0.3 is 0 Å². The predicted molar refractivity (Wildman–Crippen MR) is 41.8 cm³/mol. The van der Waals surface area contributed by atoms with Gasteiger partial charge in [0, 0.05) is 6.20 Å². The minimum absolute atomic E-state index is 0.138. The van der Waals surface area contributed by atoms with Gasteiger partial charge < -0.3 is 4.79 Å². The summed E-state index contributed by atoms with van der Waals surface area (Å²) in [5.41, 5.74) is 1.36. The van der Waals surface area contributed by atoms with Crippen molar-refractivity contribution in [1.82, 2.24) is 4.98 Å². The first-order valence-corrected chi connectivity index (χ1v) is 3.76. The number of ketones is 1. The first kappa shape index (κ1) is 7.16. The smallest absolute Gasteiger partial charge is 0.191 e. The van der Waals surface area contributed by atoms with E-state index >= 15 is 0 Å². The van der Waals surface area contributed by atoms with E-state index in [1.807, 2.05) is 6.07 Å². The molecule has 1 aromatic heterocycles. The van der Waals surface area contributed by atoms with E-state index in [4.69, 9.17) is 0 Å². The second-order valence-electron chi connectivity index (χ2n) is 2.82. The van der Waals surface area contributed by atoms with Crippen LogP contribution in [-0.4, -0.2) is 17.1 Å². The van der Waals surface area contributed by atoms with Crippen LogP contribution in [0.5, 0.6) is 0 Å². The summed E-state index contributed by atoms with van der Waals surface area (Å²) in [7, 11) is 0. The molecule has 2 rings (SSSR count). The van der Waals surface area contributed by atoms with E-state index in [-0.39, 0.29) is 5.78 Å². The summed E-state index contributed by atoms with van der Waals surface area (Å²) in [5, 5.41) is 0. The fraction of sp³-hybridized carbons (Fsp3) is 0.222. The van der Waals surface area contributed by atoms with Gasteiger partial charge in [0.05, 0.1) is 5.92 Å². The standard InChI is InChI=1S/C9H7NO2/c11-5-7-4-6-2-1-3-10-8(6)9(7)12/h1-3,5,7H,4H2. The Bertz CT molecular complexity index is 346. The molecule has 0 bridgehead atoms. The minimum Gasteiger partial charge on any atom is -0.303 e. The molecule has 1 aromatic rings. The van der Waals surface area contributed by atoms with Crippen LogP contribution in [-0.2, 0) is 11.2 Å². The summed E-state index contributed by atoms with van der Waals surface area (Å²) in [6.07, 6.45) is 2.79. The molecule has 0 fully saturated rings. The molecule has 0 N–H and O–H groups in total. The van der Waals surface area contributed by atoms with Gasteiger partial charge in [-0.05, 0) is 18.1 Å². The maximum Gasteiger partial charge on any atom is 0.191 e. The Hall–Kier alpha value is -1.51. The van der Waals surface area contributed by atoms with Gasteiger partial charge in [-0.15, -0.1) is 0 Å². The highest BCUT2D eigenvalue weighted by Crippen LogP contribution is 2.22. The Morgan fingerprint density at radius 1 is 1.58 bits per heavy atom. The maximum atomic E-state index is 11.3. The molecule has 60 valence electrons. The summed E-state index contributed by atoms with van der Waals surface area (Å²) < 4.78 is 0. The molecule has 12 heavy (non-hydrogen) atoms. The number of pyridine rings is 1. The monoisotopic (exact) mass is 161 g/mol. The maximum absolute atomic E-state index is 11.3. The van der Waals surface area contributed by atoms with Crippen LogP contribution in [0.3, 0.4) is 0 Å². The number of hydrogen-bond acceptors (Lipinski definition) is 3. The van der Waals surface area contributed by atoms with Crippen LogP contribution in [0.4, 0.5) is 0 Å². The van der Waals surface area contributed by atoms with E-state index in [0.717, 1.165) is 5.56 Å². The third-order valence-electron chi connectivity index (χ3n) is 2.07. The lowest BCUT2D eigenvalue weighted by molar-refractivity contribution is -0.109. The summed E-state index contributed by atoms with van der Waals surface area (Å²) >= 11 is 0. The number of hydrogen-bond donors (Lipinski definition) is 0. The number of Topliss-reactive ketones (excluding diaryl/α,β-unsaturated/α-hetero) is 1. The van der Waals surface area contributed by atoms with Crippen molar-refractivity contribution in [2.75, 3.05) is 0 Å². The van der Waals surface area contributed by atoms with Gasteiger partial charge in [-0.2, -0.15) is 0 Å². The van der Waals surface area contributed by atoms with Crippen molar-refractivity contribution in [3.8, 4) is 0 Å². The third kappa shape index (κ3) is 0.863. The van der Waals surface area contributed by atoms with Crippen molar-refractivity contribution >= 4 is 12.1 Å². The Morgan fingerprint density at radius 3 is 3.08 bits per heavy atom. The Labute approximate surface area is 69.4 Å². The summed E-state index contributed by atoms with van der Waals surface area (Å²) in [5.74, 6) is -0.629. The van der Waals surface area contributed by atoms with Crippen LogP contribution >= 0.6 is 0 Å². The van der Waals surface area contributed by atoms with Crippen LogP contribution in [0, 0.1) is 5.92 Å². The zero-order valence-corrected chi connectivity index (χ0v) is 6.36. The average molecular weight is 161 g/mol. The first-order chi connectivity index (χ1) is 5.83. The lowest BCUT2D eigenvalue weighted by Gasteiger charge is -1.91. The summed E-state index contributed by atoms with van der Waals surface area (Å²) in [6, 6.07) is 3.61. The number of fused-ring (bicyclic) bond motifs is 1. The Kier molecular flexibility index (Phi) is 1.50. The van der Waals surface area contributed by atoms with Crippen LogP contribution in [0.1, 0.15) is 16.1 Å². The molecule has 3 nitrogen and oxygen atoms in total. The number of rotatable bonds is 1. The van der Waals surface area contributed by atoms with Crippen molar-refractivity contribution in [3.63, 3.8) is 0 Å².